The van der Waals surface area contributed by atoms with Crippen molar-refractivity contribution < 1.29 is 13.9 Å². The first-order valence-electron chi connectivity index (χ1n) is 9.35. The second-order valence-electron chi connectivity index (χ2n) is 6.81. The van der Waals surface area contributed by atoms with Gasteiger partial charge in [0.1, 0.15) is 5.76 Å². The highest BCUT2D eigenvalue weighted by Crippen LogP contribution is 2.24. The lowest BCUT2D eigenvalue weighted by Gasteiger charge is -2.34. The second-order valence-corrected chi connectivity index (χ2v) is 6.81. The number of carbonyl (C=O) groups excluding carboxylic acids is 1. The number of fused-ring (bicyclic) bond motifs is 1. The first kappa shape index (κ1) is 18.4. The van der Waals surface area contributed by atoms with Crippen molar-refractivity contribution in [1.82, 2.24) is 30.2 Å². The van der Waals surface area contributed by atoms with Crippen LogP contribution in [0.1, 0.15) is 18.6 Å². The second kappa shape index (κ2) is 8.34. The van der Waals surface area contributed by atoms with Gasteiger partial charge in [0, 0.05) is 32.7 Å². The van der Waals surface area contributed by atoms with Crippen LogP contribution in [0.5, 0.6) is 0 Å². The number of aromatic nitrogens is 5. The maximum absolute atomic E-state index is 13.1. The molecule has 0 bridgehead atoms. The van der Waals surface area contributed by atoms with E-state index in [1.54, 1.807) is 13.4 Å². The van der Waals surface area contributed by atoms with E-state index in [2.05, 4.69) is 25.5 Å². The minimum absolute atomic E-state index is 0.0140. The van der Waals surface area contributed by atoms with E-state index in [1.807, 2.05) is 29.2 Å². The molecule has 0 N–H and O–H groups in total. The van der Waals surface area contributed by atoms with Crippen LogP contribution in [0, 0.1) is 5.92 Å². The summed E-state index contributed by atoms with van der Waals surface area (Å²) in [6.07, 6.45) is 3.17. The largest absolute Gasteiger partial charge is 0.467 e. The van der Waals surface area contributed by atoms with E-state index in [4.69, 9.17) is 9.15 Å². The van der Waals surface area contributed by atoms with Gasteiger partial charge in [-0.05, 0) is 47.5 Å². The normalized spacial score (nSPS) is 15.2. The monoisotopic (exact) mass is 385 g/mol. The molecule has 0 radical (unpaired) electrons. The Morgan fingerprint density at radius 2 is 2.18 bits per heavy atom. The van der Waals surface area contributed by atoms with Gasteiger partial charge < -0.3 is 19.0 Å². The van der Waals surface area contributed by atoms with E-state index in [0.29, 0.717) is 25.3 Å². The van der Waals surface area contributed by atoms with Crippen LogP contribution in [0.15, 0.2) is 34.9 Å². The van der Waals surface area contributed by atoms with Crippen molar-refractivity contribution in [1.29, 1.82) is 0 Å². The SMILES string of the molecule is COCCN(Cc1ccco1)C(=O)C1CCN(c2ccc3nnnn3n2)CC1. The molecule has 0 aromatic carbocycles. The third kappa shape index (κ3) is 3.96. The average Bonchev–Trinajstić information content (AvgIpc) is 3.42. The summed E-state index contributed by atoms with van der Waals surface area (Å²) in [4.78, 5) is 17.1. The van der Waals surface area contributed by atoms with Crippen molar-refractivity contribution >= 4 is 17.4 Å². The summed E-state index contributed by atoms with van der Waals surface area (Å²) in [6, 6.07) is 7.48. The van der Waals surface area contributed by atoms with Crippen LogP contribution in [0.2, 0.25) is 0 Å². The molecule has 10 heteroatoms. The molecule has 10 nitrogen and oxygen atoms in total. The number of ether oxygens (including phenoxy) is 1. The van der Waals surface area contributed by atoms with Gasteiger partial charge in [-0.2, -0.15) is 0 Å². The number of piperidine rings is 1. The van der Waals surface area contributed by atoms with Crippen molar-refractivity contribution in [3.63, 3.8) is 0 Å². The van der Waals surface area contributed by atoms with Crippen molar-refractivity contribution in [3.8, 4) is 0 Å². The van der Waals surface area contributed by atoms with Crippen LogP contribution < -0.4 is 4.90 Å². The summed E-state index contributed by atoms with van der Waals surface area (Å²) < 4.78 is 12.0. The summed E-state index contributed by atoms with van der Waals surface area (Å²) in [5.74, 6) is 1.73. The van der Waals surface area contributed by atoms with Gasteiger partial charge in [-0.1, -0.05) is 0 Å². The van der Waals surface area contributed by atoms with Crippen LogP contribution >= 0.6 is 0 Å². The van der Waals surface area contributed by atoms with E-state index in [0.717, 1.165) is 37.5 Å². The van der Waals surface area contributed by atoms with Crippen molar-refractivity contribution in [2.75, 3.05) is 38.3 Å². The number of rotatable bonds is 7. The quantitative estimate of drug-likeness (QED) is 0.594. The van der Waals surface area contributed by atoms with E-state index < -0.39 is 0 Å². The maximum Gasteiger partial charge on any atom is 0.226 e. The van der Waals surface area contributed by atoms with Gasteiger partial charge in [-0.15, -0.1) is 14.8 Å². The van der Waals surface area contributed by atoms with Gasteiger partial charge in [0.2, 0.25) is 5.91 Å². The van der Waals surface area contributed by atoms with E-state index in [-0.39, 0.29) is 11.8 Å². The Kier molecular flexibility index (Phi) is 5.47. The molecule has 1 saturated heterocycles. The number of methoxy groups -OCH3 is 1. The number of tetrazole rings is 1. The predicted octanol–water partition coefficient (Wildman–Crippen LogP) is 1.00. The molecule has 1 aliphatic rings. The summed E-state index contributed by atoms with van der Waals surface area (Å²) in [5.41, 5.74) is 0.612. The number of anilines is 1. The van der Waals surface area contributed by atoms with Gasteiger partial charge in [-0.3, -0.25) is 4.79 Å². The Morgan fingerprint density at radius 3 is 2.93 bits per heavy atom. The molecule has 1 fully saturated rings. The highest BCUT2D eigenvalue weighted by atomic mass is 16.5. The lowest BCUT2D eigenvalue weighted by Crippen LogP contribution is -2.43. The molecule has 148 valence electrons. The zero-order valence-corrected chi connectivity index (χ0v) is 15.8. The highest BCUT2D eigenvalue weighted by molar-refractivity contribution is 5.79. The fraction of sp³-hybridized carbons (Fsp3) is 0.500. The third-order valence-corrected chi connectivity index (χ3v) is 5.03. The maximum atomic E-state index is 13.1. The van der Waals surface area contributed by atoms with Crippen molar-refractivity contribution in [2.24, 2.45) is 5.92 Å². The number of hydrogen-bond acceptors (Lipinski definition) is 8. The number of hydrogen-bond donors (Lipinski definition) is 0. The summed E-state index contributed by atoms with van der Waals surface area (Å²) >= 11 is 0. The smallest absolute Gasteiger partial charge is 0.226 e. The zero-order chi connectivity index (χ0) is 19.3. The average molecular weight is 385 g/mol. The zero-order valence-electron chi connectivity index (χ0n) is 15.8. The van der Waals surface area contributed by atoms with Crippen LogP contribution in [0.3, 0.4) is 0 Å². The molecule has 1 aliphatic heterocycles. The minimum atomic E-state index is -0.0140. The fourth-order valence-corrected chi connectivity index (χ4v) is 3.48. The van der Waals surface area contributed by atoms with Crippen molar-refractivity contribution in [3.05, 3.63) is 36.3 Å². The summed E-state index contributed by atoms with van der Waals surface area (Å²) in [5, 5.41) is 15.8. The lowest BCUT2D eigenvalue weighted by atomic mass is 9.95. The standard InChI is InChI=1S/C18H23N7O3/c1-27-12-10-24(13-15-3-2-11-28-15)18(26)14-6-8-23(9-7-14)17-5-4-16-19-21-22-25(16)20-17/h2-5,11,14H,6-10,12-13H2,1H3. The molecular weight excluding hydrogens is 362 g/mol. The number of furan rings is 1. The molecule has 0 aliphatic carbocycles. The highest BCUT2D eigenvalue weighted by Gasteiger charge is 2.29. The van der Waals surface area contributed by atoms with Crippen LogP contribution in [0.4, 0.5) is 5.82 Å². The molecule has 0 atom stereocenters. The Morgan fingerprint density at radius 1 is 1.32 bits per heavy atom. The molecule has 28 heavy (non-hydrogen) atoms. The Balaban J connectivity index is 1.38. The van der Waals surface area contributed by atoms with E-state index in [1.165, 1.54) is 4.63 Å². The fourth-order valence-electron chi connectivity index (χ4n) is 3.48. The summed E-state index contributed by atoms with van der Waals surface area (Å²) in [6.45, 7) is 3.04. The van der Waals surface area contributed by atoms with E-state index >= 15 is 0 Å². The van der Waals surface area contributed by atoms with Gasteiger partial charge in [-0.25, -0.2) is 0 Å². The third-order valence-electron chi connectivity index (χ3n) is 5.03. The van der Waals surface area contributed by atoms with Gasteiger partial charge in [0.15, 0.2) is 11.5 Å². The topological polar surface area (TPSA) is 102 Å². The lowest BCUT2D eigenvalue weighted by molar-refractivity contribution is -0.137. The number of amides is 1. The number of nitrogens with zero attached hydrogens (tertiary/aromatic N) is 7. The number of carbonyl (C=O) groups is 1. The van der Waals surface area contributed by atoms with Crippen LogP contribution in [0.25, 0.3) is 5.65 Å². The molecule has 4 rings (SSSR count). The van der Waals surface area contributed by atoms with Crippen LogP contribution in [-0.4, -0.2) is 69.4 Å². The molecule has 0 saturated carbocycles. The molecule has 3 aromatic rings. The Bertz CT molecular complexity index is 903. The summed E-state index contributed by atoms with van der Waals surface area (Å²) in [7, 11) is 1.64. The molecule has 1 amide bonds. The van der Waals surface area contributed by atoms with Crippen LogP contribution in [-0.2, 0) is 16.1 Å². The van der Waals surface area contributed by atoms with Gasteiger partial charge in [0.05, 0.1) is 19.4 Å². The Hall–Kier alpha value is -3.01. The molecule has 3 aromatic heterocycles. The molecule has 4 heterocycles. The van der Waals surface area contributed by atoms with E-state index in [9.17, 15) is 4.79 Å². The predicted molar refractivity (Wildman–Crippen MR) is 99.5 cm³/mol. The van der Waals surface area contributed by atoms with Gasteiger partial charge >= 0.3 is 0 Å². The molecule has 0 spiro atoms. The minimum Gasteiger partial charge on any atom is -0.467 e. The molecular formula is C18H23N7O3. The van der Waals surface area contributed by atoms with Crippen molar-refractivity contribution in [2.45, 2.75) is 19.4 Å². The first-order chi connectivity index (χ1) is 13.7. The first-order valence-corrected chi connectivity index (χ1v) is 9.35. The van der Waals surface area contributed by atoms with Gasteiger partial charge in [0.25, 0.3) is 0 Å². The molecule has 0 unspecified atom stereocenters. The Labute approximate surface area is 162 Å².